The van der Waals surface area contributed by atoms with E-state index in [4.69, 9.17) is 5.73 Å². The van der Waals surface area contributed by atoms with Crippen LogP contribution in [0.1, 0.15) is 47.3 Å². The Bertz CT molecular complexity index is 1280. The van der Waals surface area contributed by atoms with Crippen molar-refractivity contribution < 1.29 is 34.2 Å². The Hall–Kier alpha value is -3.15. The standard InChI is InChI=1S/C27H34N4O7/c1-5-29-20-14-9-11-8-13-18(16(32)10-12-15(30(2)3)6-7-31(4)21(12)13)22(33)17(11)24(35)27(14,38)25(36)19(23(20)34)26(28)37/h10-11,14-15,17,19-20,29,32,38H,5-9H2,1-4H3,(H2,28,37). The molecule has 1 amide bonds. The van der Waals surface area contributed by atoms with Crippen molar-refractivity contribution in [3.63, 3.8) is 0 Å². The fourth-order valence-electron chi connectivity index (χ4n) is 7.39. The highest BCUT2D eigenvalue weighted by atomic mass is 16.3. The van der Waals surface area contributed by atoms with Gasteiger partial charge in [-0.25, -0.2) is 0 Å². The highest BCUT2D eigenvalue weighted by Gasteiger charge is 2.69. The molecule has 3 aliphatic carbocycles. The molecule has 2 fully saturated rings. The lowest BCUT2D eigenvalue weighted by Crippen LogP contribution is -2.74. The Balaban J connectivity index is 1.65. The summed E-state index contributed by atoms with van der Waals surface area (Å²) in [5.74, 6) is -10.3. The molecule has 11 heteroatoms. The van der Waals surface area contributed by atoms with Crippen LogP contribution in [0.5, 0.6) is 5.75 Å². The Morgan fingerprint density at radius 1 is 1.24 bits per heavy atom. The topological polar surface area (TPSA) is 170 Å². The number of aliphatic hydroxyl groups is 1. The fourth-order valence-corrected chi connectivity index (χ4v) is 7.39. The number of hydrogen-bond donors (Lipinski definition) is 4. The van der Waals surface area contributed by atoms with E-state index in [1.807, 2.05) is 21.1 Å². The average Bonchev–Trinajstić information content (AvgIpc) is 2.83. The maximum Gasteiger partial charge on any atom is 0.235 e. The number of primary amides is 1. The number of Topliss-reactive ketones (excluding diaryl/α,β-unsaturated/α-hetero) is 4. The molecule has 0 spiro atoms. The van der Waals surface area contributed by atoms with E-state index < -0.39 is 64.4 Å². The largest absolute Gasteiger partial charge is 0.507 e. The van der Waals surface area contributed by atoms with E-state index in [1.54, 1.807) is 13.0 Å². The first-order valence-corrected chi connectivity index (χ1v) is 13.0. The van der Waals surface area contributed by atoms with E-state index in [9.17, 15) is 34.2 Å². The van der Waals surface area contributed by atoms with Crippen molar-refractivity contribution in [3.05, 3.63) is 22.8 Å². The van der Waals surface area contributed by atoms with Crippen molar-refractivity contribution >= 4 is 34.7 Å². The highest BCUT2D eigenvalue weighted by molar-refractivity contribution is 6.32. The van der Waals surface area contributed by atoms with Gasteiger partial charge in [0.05, 0.1) is 17.5 Å². The Morgan fingerprint density at radius 2 is 1.92 bits per heavy atom. The van der Waals surface area contributed by atoms with Crippen molar-refractivity contribution in [2.75, 3.05) is 39.1 Å². The van der Waals surface area contributed by atoms with Crippen molar-refractivity contribution in [2.45, 2.75) is 43.9 Å². The van der Waals surface area contributed by atoms with Crippen molar-refractivity contribution in [1.29, 1.82) is 0 Å². The summed E-state index contributed by atoms with van der Waals surface area (Å²) < 4.78 is 0. The first-order valence-electron chi connectivity index (χ1n) is 13.0. The number of amides is 1. The van der Waals surface area contributed by atoms with E-state index in [0.717, 1.165) is 24.2 Å². The maximum atomic E-state index is 13.9. The molecule has 1 aliphatic heterocycles. The molecular formula is C27H34N4O7. The quantitative estimate of drug-likeness (QED) is 0.370. The van der Waals surface area contributed by atoms with Gasteiger partial charge in [0.2, 0.25) is 5.91 Å². The number of benzene rings is 1. The first-order chi connectivity index (χ1) is 17.9. The Morgan fingerprint density at radius 3 is 2.53 bits per heavy atom. The lowest BCUT2D eigenvalue weighted by Gasteiger charge is -2.51. The zero-order chi connectivity index (χ0) is 27.8. The average molecular weight is 527 g/mol. The third-order valence-electron chi connectivity index (χ3n) is 9.07. The molecule has 7 unspecified atom stereocenters. The molecule has 5 rings (SSSR count). The summed E-state index contributed by atoms with van der Waals surface area (Å²) in [5, 5.41) is 25.6. The van der Waals surface area contributed by atoms with Gasteiger partial charge in [-0.3, -0.25) is 24.0 Å². The van der Waals surface area contributed by atoms with E-state index in [1.165, 1.54) is 0 Å². The molecule has 5 N–H and O–H groups in total. The lowest BCUT2D eigenvalue weighted by molar-refractivity contribution is -0.178. The third-order valence-corrected chi connectivity index (χ3v) is 9.07. The second-order valence-corrected chi connectivity index (χ2v) is 11.3. The predicted molar refractivity (Wildman–Crippen MR) is 136 cm³/mol. The van der Waals surface area contributed by atoms with Crippen LogP contribution in [0.3, 0.4) is 0 Å². The molecular weight excluding hydrogens is 492 g/mol. The van der Waals surface area contributed by atoms with E-state index in [-0.39, 0.29) is 36.7 Å². The monoisotopic (exact) mass is 526 g/mol. The number of rotatable bonds is 4. The SMILES string of the molecule is CCNC1C(=O)C(C(N)=O)C(=O)C2(O)C(=O)C3C(=O)c4c(O)cc5c(c4CC3CC12)N(C)CCC5N(C)C. The molecule has 1 aromatic carbocycles. The van der Waals surface area contributed by atoms with Crippen LogP contribution in [0, 0.1) is 23.7 Å². The van der Waals surface area contributed by atoms with Gasteiger partial charge in [0.25, 0.3) is 0 Å². The molecule has 1 heterocycles. The van der Waals surface area contributed by atoms with Crippen LogP contribution in [0.25, 0.3) is 0 Å². The number of nitrogens with zero attached hydrogens (tertiary/aromatic N) is 2. The number of carbonyl (C=O) groups is 5. The predicted octanol–water partition coefficient (Wildman–Crippen LogP) is -0.642. The number of anilines is 1. The molecule has 0 radical (unpaired) electrons. The Kier molecular flexibility index (Phi) is 6.24. The van der Waals surface area contributed by atoms with Crippen LogP contribution < -0.4 is 16.0 Å². The summed E-state index contributed by atoms with van der Waals surface area (Å²) in [5.41, 5.74) is 5.03. The molecule has 0 aromatic heterocycles. The zero-order valence-corrected chi connectivity index (χ0v) is 22.0. The van der Waals surface area contributed by atoms with E-state index in [0.29, 0.717) is 5.56 Å². The van der Waals surface area contributed by atoms with Crippen molar-refractivity contribution in [1.82, 2.24) is 10.2 Å². The van der Waals surface area contributed by atoms with Gasteiger partial charge in [0, 0.05) is 31.2 Å². The zero-order valence-electron chi connectivity index (χ0n) is 22.0. The van der Waals surface area contributed by atoms with E-state index >= 15 is 0 Å². The second kappa shape index (κ2) is 8.96. The molecule has 2 saturated carbocycles. The maximum absolute atomic E-state index is 13.9. The summed E-state index contributed by atoms with van der Waals surface area (Å²) in [6, 6.07) is 0.452. The number of aromatic hydroxyl groups is 1. The second-order valence-electron chi connectivity index (χ2n) is 11.3. The van der Waals surface area contributed by atoms with Crippen LogP contribution in [0.2, 0.25) is 0 Å². The van der Waals surface area contributed by atoms with Gasteiger partial charge >= 0.3 is 0 Å². The minimum absolute atomic E-state index is 0.0284. The number of phenols is 1. The smallest absolute Gasteiger partial charge is 0.235 e. The number of ketones is 4. The summed E-state index contributed by atoms with van der Waals surface area (Å²) in [7, 11) is 5.83. The van der Waals surface area contributed by atoms with Crippen LogP contribution >= 0.6 is 0 Å². The number of nitrogens with two attached hydrogens (primary N) is 1. The molecule has 38 heavy (non-hydrogen) atoms. The normalized spacial score (nSPS) is 34.5. The van der Waals surface area contributed by atoms with Gasteiger partial charge in [-0.15, -0.1) is 0 Å². The lowest BCUT2D eigenvalue weighted by atomic mass is 9.52. The van der Waals surface area contributed by atoms with Gasteiger partial charge in [-0.1, -0.05) is 6.92 Å². The van der Waals surface area contributed by atoms with Gasteiger partial charge in [-0.05, 0) is 63.0 Å². The first kappa shape index (κ1) is 26.5. The molecule has 0 bridgehead atoms. The summed E-state index contributed by atoms with van der Waals surface area (Å²) >= 11 is 0. The molecule has 11 nitrogen and oxygen atoms in total. The molecule has 1 aromatic rings. The third kappa shape index (κ3) is 3.41. The van der Waals surface area contributed by atoms with Gasteiger partial charge < -0.3 is 31.1 Å². The van der Waals surface area contributed by atoms with Crippen LogP contribution in [-0.4, -0.2) is 90.0 Å². The number of carbonyl (C=O) groups excluding carboxylic acids is 5. The van der Waals surface area contributed by atoms with E-state index in [2.05, 4.69) is 15.1 Å². The van der Waals surface area contributed by atoms with Gasteiger partial charge in [-0.2, -0.15) is 0 Å². The molecule has 0 saturated heterocycles. The minimum Gasteiger partial charge on any atom is -0.507 e. The van der Waals surface area contributed by atoms with Gasteiger partial charge in [0.1, 0.15) is 5.75 Å². The number of fused-ring (bicyclic) bond motifs is 5. The number of phenolic OH excluding ortho intramolecular Hbond substituents is 1. The Labute approximate surface area is 220 Å². The van der Waals surface area contributed by atoms with Crippen molar-refractivity contribution in [2.24, 2.45) is 29.4 Å². The summed E-state index contributed by atoms with van der Waals surface area (Å²) in [4.78, 5) is 70.5. The minimum atomic E-state index is -2.72. The highest BCUT2D eigenvalue weighted by Crippen LogP contribution is 2.53. The van der Waals surface area contributed by atoms with Crippen LogP contribution in [0.4, 0.5) is 5.69 Å². The number of hydrogen-bond acceptors (Lipinski definition) is 10. The van der Waals surface area contributed by atoms with Gasteiger partial charge in [0.15, 0.2) is 34.7 Å². The van der Waals surface area contributed by atoms with Crippen LogP contribution in [0.15, 0.2) is 6.07 Å². The number of nitrogens with one attached hydrogen (secondary N) is 1. The van der Waals surface area contributed by atoms with Crippen molar-refractivity contribution in [3.8, 4) is 5.75 Å². The molecule has 4 aliphatic rings. The van der Waals surface area contributed by atoms with Crippen LogP contribution in [-0.2, 0) is 25.6 Å². The summed E-state index contributed by atoms with van der Waals surface area (Å²) in [6.45, 7) is 2.74. The summed E-state index contributed by atoms with van der Waals surface area (Å²) in [6.07, 6.45) is 1.12. The fraction of sp³-hybridized carbons (Fsp3) is 0.593. The molecule has 7 atom stereocenters. The molecule has 204 valence electrons. The number of likely N-dealkylation sites (N-methyl/N-ethyl adjacent to an activating group) is 1.